The van der Waals surface area contributed by atoms with Gasteiger partial charge >= 0.3 is 0 Å². The van der Waals surface area contributed by atoms with Gasteiger partial charge in [-0.1, -0.05) is 42.5 Å². The second-order valence-corrected chi connectivity index (χ2v) is 11.6. The van der Waals surface area contributed by atoms with Crippen molar-refractivity contribution >= 4 is 23.2 Å². The van der Waals surface area contributed by atoms with Crippen LogP contribution in [0.25, 0.3) is 16.9 Å². The van der Waals surface area contributed by atoms with Gasteiger partial charge in [0.2, 0.25) is 5.78 Å². The van der Waals surface area contributed by atoms with Crippen molar-refractivity contribution in [2.24, 2.45) is 17.6 Å². The lowest BCUT2D eigenvalue weighted by atomic mass is 9.59. The highest BCUT2D eigenvalue weighted by Gasteiger charge is 2.60. The number of phenolic OH excluding ortho intramolecular Hbond substituents is 1. The average Bonchev–Trinajstić information content (AvgIpc) is 2.98. The Morgan fingerprint density at radius 1 is 0.955 bits per heavy atom. The predicted octanol–water partition coefficient (Wildman–Crippen LogP) is 3.56. The van der Waals surface area contributed by atoms with Gasteiger partial charge < -0.3 is 31.5 Å². The molecule has 0 unspecified atom stereocenters. The summed E-state index contributed by atoms with van der Waals surface area (Å²) in [7, 11) is 0. The molecule has 3 aromatic carbocycles. The summed E-state index contributed by atoms with van der Waals surface area (Å²) in [5.74, 6) is -6.79. The fourth-order valence-corrected chi connectivity index (χ4v) is 6.81. The molecule has 3 aromatic rings. The van der Waals surface area contributed by atoms with Gasteiger partial charge in [-0.15, -0.1) is 0 Å². The van der Waals surface area contributed by atoms with Crippen molar-refractivity contribution in [1.29, 1.82) is 0 Å². The van der Waals surface area contributed by atoms with Crippen LogP contribution in [-0.2, 0) is 33.8 Å². The van der Waals surface area contributed by atoms with Gasteiger partial charge in [0.25, 0.3) is 5.91 Å². The maximum atomic E-state index is 13.7. The standard InChI is InChI=1S/C34H31FN2O7/c35-22-7-3-17(4-8-22)11-12-37-16-18-1-5-19(6-2-18)23-9-10-25(38)28-24(23)14-20-13-21-15-26(39)29(33(36)43)32(42)34(21,44)31(41)27(20)30(28)40/h1-10,20-21,37-38,40,42,44H,11-16H2,(H2,36,43)/t20-,21+,34+/m1/s1. The Balaban J connectivity index is 1.27. The Bertz CT molecular complexity index is 1760. The van der Waals surface area contributed by atoms with E-state index in [4.69, 9.17) is 5.73 Å². The van der Waals surface area contributed by atoms with Crippen LogP contribution < -0.4 is 11.1 Å². The number of carbonyl (C=O) groups is 3. The largest absolute Gasteiger partial charge is 0.508 e. The molecule has 0 radical (unpaired) electrons. The molecule has 1 saturated carbocycles. The van der Waals surface area contributed by atoms with Gasteiger partial charge in [0.05, 0.1) is 5.56 Å². The van der Waals surface area contributed by atoms with Gasteiger partial charge in [0.1, 0.15) is 28.7 Å². The highest BCUT2D eigenvalue weighted by Crippen LogP contribution is 2.53. The molecule has 3 aliphatic rings. The van der Waals surface area contributed by atoms with Gasteiger partial charge in [0, 0.05) is 24.5 Å². The zero-order valence-electron chi connectivity index (χ0n) is 23.6. The van der Waals surface area contributed by atoms with Crippen molar-refractivity contribution in [1.82, 2.24) is 5.32 Å². The molecule has 7 N–H and O–H groups in total. The number of nitrogens with one attached hydrogen (secondary N) is 1. The summed E-state index contributed by atoms with van der Waals surface area (Å²) >= 11 is 0. The molecule has 1 fully saturated rings. The molecule has 9 nitrogen and oxygen atoms in total. The summed E-state index contributed by atoms with van der Waals surface area (Å²) in [5.41, 5.74) is 5.97. The van der Waals surface area contributed by atoms with Crippen LogP contribution in [0.3, 0.4) is 0 Å². The van der Waals surface area contributed by atoms with E-state index in [-0.39, 0.29) is 42.0 Å². The van der Waals surface area contributed by atoms with E-state index >= 15 is 0 Å². The predicted molar refractivity (Wildman–Crippen MR) is 159 cm³/mol. The second kappa shape index (κ2) is 11.0. The number of aliphatic hydroxyl groups is 3. The minimum atomic E-state index is -2.59. The molecule has 0 aromatic heterocycles. The molecule has 3 aliphatic carbocycles. The number of hydrogen-bond donors (Lipinski definition) is 6. The Kier molecular flexibility index (Phi) is 7.35. The van der Waals surface area contributed by atoms with Crippen LogP contribution in [0.2, 0.25) is 0 Å². The molecule has 10 heteroatoms. The third-order valence-electron chi connectivity index (χ3n) is 9.04. The highest BCUT2D eigenvalue weighted by atomic mass is 19.1. The molecular weight excluding hydrogens is 567 g/mol. The fourth-order valence-electron chi connectivity index (χ4n) is 6.81. The van der Waals surface area contributed by atoms with Crippen LogP contribution in [0.5, 0.6) is 5.75 Å². The molecule has 0 bridgehead atoms. The number of Topliss-reactive ketones (excluding diaryl/α,β-unsaturated/α-hetero) is 2. The SMILES string of the molecule is NC(=O)C1=C(O)[C@@]2(O)C(=O)C3=C(O)c4c(O)ccc(-c5ccc(CNCCc6ccc(F)cc6)cc5)c4C[C@H]3C[C@H]2CC1=O. The lowest BCUT2D eigenvalue weighted by Gasteiger charge is -2.46. The first-order valence-electron chi connectivity index (χ1n) is 14.4. The number of primary amides is 1. The smallest absolute Gasteiger partial charge is 0.255 e. The van der Waals surface area contributed by atoms with Crippen LogP contribution in [0.4, 0.5) is 4.39 Å². The first-order chi connectivity index (χ1) is 21.0. The maximum absolute atomic E-state index is 13.7. The number of benzene rings is 3. The number of amides is 1. The van der Waals surface area contributed by atoms with Crippen LogP contribution in [0.15, 0.2) is 77.6 Å². The van der Waals surface area contributed by atoms with E-state index in [1.807, 2.05) is 24.3 Å². The Morgan fingerprint density at radius 3 is 2.32 bits per heavy atom. The molecule has 6 rings (SSSR count). The normalized spacial score (nSPS) is 22.9. The third-order valence-corrected chi connectivity index (χ3v) is 9.04. The van der Waals surface area contributed by atoms with Crippen molar-refractivity contribution in [3.8, 4) is 16.9 Å². The van der Waals surface area contributed by atoms with Crippen LogP contribution in [-0.4, -0.2) is 50.0 Å². The summed E-state index contributed by atoms with van der Waals surface area (Å²) in [6.45, 7) is 1.33. The molecule has 3 atom stereocenters. The number of fused-ring (bicyclic) bond motifs is 3. The number of carbonyl (C=O) groups excluding carboxylic acids is 3. The average molecular weight is 599 g/mol. The number of ketones is 2. The number of phenols is 1. The first kappa shape index (κ1) is 29.3. The number of rotatable bonds is 7. The van der Waals surface area contributed by atoms with E-state index in [0.717, 1.165) is 28.7 Å². The molecule has 1 amide bonds. The number of aliphatic hydroxyl groups excluding tert-OH is 2. The monoisotopic (exact) mass is 598 g/mol. The zero-order chi connectivity index (χ0) is 31.3. The Labute approximate surface area is 252 Å². The Morgan fingerprint density at radius 2 is 1.64 bits per heavy atom. The van der Waals surface area contributed by atoms with E-state index < -0.39 is 52.0 Å². The van der Waals surface area contributed by atoms with Crippen molar-refractivity contribution in [2.45, 2.75) is 37.8 Å². The summed E-state index contributed by atoms with van der Waals surface area (Å²) in [6.07, 6.45) is 0.689. The van der Waals surface area contributed by atoms with Crippen molar-refractivity contribution in [2.75, 3.05) is 6.54 Å². The van der Waals surface area contributed by atoms with E-state index in [2.05, 4.69) is 5.32 Å². The molecule has 44 heavy (non-hydrogen) atoms. The lowest BCUT2D eigenvalue weighted by Crippen LogP contribution is -2.58. The van der Waals surface area contributed by atoms with E-state index in [1.165, 1.54) is 18.2 Å². The van der Waals surface area contributed by atoms with E-state index in [0.29, 0.717) is 18.7 Å². The van der Waals surface area contributed by atoms with Crippen LogP contribution >= 0.6 is 0 Å². The van der Waals surface area contributed by atoms with Gasteiger partial charge in [-0.3, -0.25) is 14.4 Å². The van der Waals surface area contributed by atoms with Crippen molar-refractivity contribution < 1.29 is 39.2 Å². The summed E-state index contributed by atoms with van der Waals surface area (Å²) < 4.78 is 13.1. The minimum Gasteiger partial charge on any atom is -0.508 e. The molecule has 0 spiro atoms. The van der Waals surface area contributed by atoms with Crippen LogP contribution in [0.1, 0.15) is 35.1 Å². The van der Waals surface area contributed by atoms with E-state index in [9.17, 15) is 39.2 Å². The summed E-state index contributed by atoms with van der Waals surface area (Å²) in [6, 6.07) is 17.4. The lowest BCUT2D eigenvalue weighted by molar-refractivity contribution is -0.147. The maximum Gasteiger partial charge on any atom is 0.255 e. The fraction of sp³-hybridized carbons (Fsp3) is 0.265. The summed E-state index contributed by atoms with van der Waals surface area (Å²) in [5, 5.41) is 47.6. The highest BCUT2D eigenvalue weighted by molar-refractivity contribution is 6.22. The number of aromatic hydroxyl groups is 1. The first-order valence-corrected chi connectivity index (χ1v) is 14.4. The second-order valence-electron chi connectivity index (χ2n) is 11.6. The topological polar surface area (TPSA) is 170 Å². The molecular formula is C34H31FN2O7. The minimum absolute atomic E-state index is 0.0566. The van der Waals surface area contributed by atoms with Gasteiger partial charge in [0.15, 0.2) is 11.4 Å². The number of hydrogen-bond acceptors (Lipinski definition) is 8. The zero-order valence-corrected chi connectivity index (χ0v) is 23.6. The van der Waals surface area contributed by atoms with Crippen molar-refractivity contribution in [3.63, 3.8) is 0 Å². The quantitative estimate of drug-likeness (QED) is 0.177. The molecule has 0 saturated heterocycles. The van der Waals surface area contributed by atoms with Crippen LogP contribution in [0, 0.1) is 17.7 Å². The molecule has 0 aliphatic heterocycles. The molecule has 226 valence electrons. The summed E-state index contributed by atoms with van der Waals surface area (Å²) in [4.78, 5) is 38.1. The molecule has 0 heterocycles. The third kappa shape index (κ3) is 4.76. The number of halogens is 1. The van der Waals surface area contributed by atoms with Gasteiger partial charge in [-0.25, -0.2) is 4.39 Å². The van der Waals surface area contributed by atoms with E-state index in [1.54, 1.807) is 18.2 Å². The van der Waals surface area contributed by atoms with Gasteiger partial charge in [-0.2, -0.15) is 0 Å². The van der Waals surface area contributed by atoms with Gasteiger partial charge in [-0.05, 0) is 77.7 Å². The number of nitrogens with two attached hydrogens (primary N) is 1. The van der Waals surface area contributed by atoms with Crippen molar-refractivity contribution in [3.05, 3.63) is 106 Å². The Hall–Kier alpha value is -4.80.